The highest BCUT2D eigenvalue weighted by Gasteiger charge is 2.39. The van der Waals surface area contributed by atoms with Crippen molar-refractivity contribution >= 4 is 17.7 Å². The number of anilines is 1. The van der Waals surface area contributed by atoms with Crippen LogP contribution in [-0.2, 0) is 5.41 Å². The van der Waals surface area contributed by atoms with Crippen LogP contribution in [0.3, 0.4) is 0 Å². The highest BCUT2D eigenvalue weighted by Crippen LogP contribution is 2.41. The molecule has 26 heavy (non-hydrogen) atoms. The molecule has 3 N–H and O–H groups in total. The van der Waals surface area contributed by atoms with Gasteiger partial charge in [0.1, 0.15) is 0 Å². The summed E-state index contributed by atoms with van der Waals surface area (Å²) in [5, 5.41) is 14.2. The van der Waals surface area contributed by atoms with Crippen LogP contribution >= 0.6 is 0 Å². The Morgan fingerprint density at radius 1 is 1.08 bits per heavy atom. The molecule has 1 fully saturated rings. The lowest BCUT2D eigenvalue weighted by Gasteiger charge is -2.19. The summed E-state index contributed by atoms with van der Waals surface area (Å²) in [6.45, 7) is 6.35. The average Bonchev–Trinajstić information content (AvgIpc) is 3.33. The van der Waals surface area contributed by atoms with Gasteiger partial charge in [0.15, 0.2) is 0 Å². The van der Waals surface area contributed by atoms with E-state index in [-0.39, 0.29) is 23.3 Å². The van der Waals surface area contributed by atoms with E-state index in [2.05, 4.69) is 31.4 Å². The summed E-state index contributed by atoms with van der Waals surface area (Å²) < 4.78 is 0. The van der Waals surface area contributed by atoms with Crippen LogP contribution in [0.15, 0.2) is 48.5 Å². The van der Waals surface area contributed by atoms with E-state index in [1.54, 1.807) is 0 Å². The molecule has 0 aromatic heterocycles. The largest absolute Gasteiger partial charge is 0.465 e. The van der Waals surface area contributed by atoms with E-state index in [1.165, 1.54) is 0 Å². The summed E-state index contributed by atoms with van der Waals surface area (Å²) in [4.78, 5) is 23.2. The summed E-state index contributed by atoms with van der Waals surface area (Å²) >= 11 is 0. The Morgan fingerprint density at radius 2 is 1.77 bits per heavy atom. The zero-order valence-corrected chi connectivity index (χ0v) is 15.2. The molecule has 0 radical (unpaired) electrons. The summed E-state index contributed by atoms with van der Waals surface area (Å²) in [5.74, 6) is 0.0833. The second kappa shape index (κ2) is 6.83. The molecular weight excluding hydrogens is 328 g/mol. The molecule has 136 valence electrons. The lowest BCUT2D eigenvalue weighted by atomic mass is 9.86. The Bertz CT molecular complexity index is 822. The van der Waals surface area contributed by atoms with E-state index >= 15 is 0 Å². The van der Waals surface area contributed by atoms with Crippen LogP contribution in [0.1, 0.15) is 54.6 Å². The van der Waals surface area contributed by atoms with Gasteiger partial charge in [0.2, 0.25) is 0 Å². The van der Waals surface area contributed by atoms with E-state index in [0.29, 0.717) is 5.56 Å². The molecule has 0 heterocycles. The third-order valence-electron chi connectivity index (χ3n) is 4.69. The van der Waals surface area contributed by atoms with Crippen molar-refractivity contribution in [3.63, 3.8) is 0 Å². The molecule has 1 saturated carbocycles. The Hall–Kier alpha value is -2.82. The number of carbonyl (C=O) groups is 2. The molecule has 1 aliphatic rings. The molecular formula is C21H24N2O3. The number of amides is 2. The predicted octanol–water partition coefficient (Wildman–Crippen LogP) is 4.36. The number of carbonyl (C=O) groups excluding carboxylic acids is 1. The lowest BCUT2D eigenvalue weighted by molar-refractivity contribution is 0.102. The van der Waals surface area contributed by atoms with Crippen LogP contribution in [0, 0.1) is 0 Å². The number of hydrogen-bond acceptors (Lipinski definition) is 2. The van der Waals surface area contributed by atoms with Crippen molar-refractivity contribution in [1.29, 1.82) is 0 Å². The molecule has 1 aliphatic carbocycles. The summed E-state index contributed by atoms with van der Waals surface area (Å²) in [7, 11) is 0. The number of benzene rings is 2. The molecule has 0 saturated heterocycles. The minimum Gasteiger partial charge on any atom is -0.465 e. The van der Waals surface area contributed by atoms with Gasteiger partial charge in [-0.15, -0.1) is 0 Å². The van der Waals surface area contributed by atoms with Crippen LogP contribution in [-0.4, -0.2) is 23.1 Å². The molecule has 0 spiro atoms. The SMILES string of the molecule is CC(C)(C)c1cccc(C(=O)Nc2ccc([C@@H]3C[C@H]3NC(=O)O)cc2)c1. The van der Waals surface area contributed by atoms with Gasteiger partial charge in [-0.2, -0.15) is 0 Å². The normalized spacial score (nSPS) is 18.9. The van der Waals surface area contributed by atoms with Gasteiger partial charge >= 0.3 is 6.09 Å². The van der Waals surface area contributed by atoms with Gasteiger partial charge in [-0.3, -0.25) is 4.79 Å². The van der Waals surface area contributed by atoms with Gasteiger partial charge < -0.3 is 15.7 Å². The third kappa shape index (κ3) is 4.23. The van der Waals surface area contributed by atoms with Gasteiger partial charge in [-0.05, 0) is 47.2 Å². The Morgan fingerprint density at radius 3 is 2.38 bits per heavy atom. The van der Waals surface area contributed by atoms with Gasteiger partial charge in [-0.25, -0.2) is 4.79 Å². The van der Waals surface area contributed by atoms with Gasteiger partial charge in [-0.1, -0.05) is 45.0 Å². The molecule has 2 amide bonds. The van der Waals surface area contributed by atoms with Crippen molar-refractivity contribution in [3.05, 3.63) is 65.2 Å². The van der Waals surface area contributed by atoms with Crippen molar-refractivity contribution in [2.24, 2.45) is 0 Å². The molecule has 5 nitrogen and oxygen atoms in total. The second-order valence-corrected chi connectivity index (χ2v) is 7.81. The summed E-state index contributed by atoms with van der Waals surface area (Å²) in [5.41, 5.74) is 3.54. The van der Waals surface area contributed by atoms with Crippen LogP contribution < -0.4 is 10.6 Å². The highest BCUT2D eigenvalue weighted by molar-refractivity contribution is 6.04. The van der Waals surface area contributed by atoms with E-state index in [9.17, 15) is 9.59 Å². The third-order valence-corrected chi connectivity index (χ3v) is 4.69. The maximum atomic E-state index is 12.5. The van der Waals surface area contributed by atoms with Crippen molar-refractivity contribution < 1.29 is 14.7 Å². The first-order valence-corrected chi connectivity index (χ1v) is 8.75. The van der Waals surface area contributed by atoms with Crippen LogP contribution in [0.5, 0.6) is 0 Å². The fourth-order valence-electron chi connectivity index (χ4n) is 3.03. The lowest BCUT2D eigenvalue weighted by Crippen LogP contribution is -2.24. The van der Waals surface area contributed by atoms with Gasteiger partial charge in [0.05, 0.1) is 0 Å². The zero-order valence-electron chi connectivity index (χ0n) is 15.2. The molecule has 0 aliphatic heterocycles. The van der Waals surface area contributed by atoms with Gasteiger partial charge in [0.25, 0.3) is 5.91 Å². The Labute approximate surface area is 153 Å². The first-order valence-electron chi connectivity index (χ1n) is 8.75. The van der Waals surface area contributed by atoms with E-state index in [0.717, 1.165) is 23.2 Å². The van der Waals surface area contributed by atoms with Crippen LogP contribution in [0.2, 0.25) is 0 Å². The molecule has 0 bridgehead atoms. The minimum atomic E-state index is -0.987. The summed E-state index contributed by atoms with van der Waals surface area (Å²) in [6.07, 6.45) is -0.170. The van der Waals surface area contributed by atoms with E-state index in [4.69, 9.17) is 5.11 Å². The summed E-state index contributed by atoms with van der Waals surface area (Å²) in [6, 6.07) is 15.3. The first kappa shape index (κ1) is 18.0. The standard InChI is InChI=1S/C21H24N2O3/c1-21(2,3)15-6-4-5-14(11-15)19(24)22-16-9-7-13(8-10-16)17-12-18(17)23-20(25)26/h4-11,17-18,23H,12H2,1-3H3,(H,22,24)(H,25,26)/t17-,18+/m0/s1. The Kier molecular flexibility index (Phi) is 4.72. The molecule has 5 heteroatoms. The quantitative estimate of drug-likeness (QED) is 0.765. The van der Waals surface area contributed by atoms with Crippen LogP contribution in [0.4, 0.5) is 10.5 Å². The number of hydrogen-bond donors (Lipinski definition) is 3. The van der Waals surface area contributed by atoms with Crippen LogP contribution in [0.25, 0.3) is 0 Å². The van der Waals surface area contributed by atoms with Crippen molar-refractivity contribution in [1.82, 2.24) is 5.32 Å². The molecule has 2 aromatic carbocycles. The first-order chi connectivity index (χ1) is 12.2. The number of carboxylic acid groups (broad SMARTS) is 1. The van der Waals surface area contributed by atoms with Crippen molar-refractivity contribution in [2.75, 3.05) is 5.32 Å². The maximum absolute atomic E-state index is 12.5. The monoisotopic (exact) mass is 352 g/mol. The zero-order chi connectivity index (χ0) is 18.9. The predicted molar refractivity (Wildman–Crippen MR) is 102 cm³/mol. The van der Waals surface area contributed by atoms with Gasteiger partial charge in [0, 0.05) is 23.2 Å². The van der Waals surface area contributed by atoms with E-state index < -0.39 is 6.09 Å². The number of rotatable bonds is 4. The molecule has 3 rings (SSSR count). The average molecular weight is 352 g/mol. The second-order valence-electron chi connectivity index (χ2n) is 7.81. The maximum Gasteiger partial charge on any atom is 0.404 e. The molecule has 2 atom stereocenters. The van der Waals surface area contributed by atoms with Crippen molar-refractivity contribution in [2.45, 2.75) is 44.6 Å². The van der Waals surface area contributed by atoms with Crippen molar-refractivity contribution in [3.8, 4) is 0 Å². The molecule has 0 unspecified atom stereocenters. The number of nitrogens with one attached hydrogen (secondary N) is 2. The fourth-order valence-corrected chi connectivity index (χ4v) is 3.03. The minimum absolute atomic E-state index is 0.00641. The Balaban J connectivity index is 1.64. The topological polar surface area (TPSA) is 78.4 Å². The smallest absolute Gasteiger partial charge is 0.404 e. The van der Waals surface area contributed by atoms with E-state index in [1.807, 2.05) is 48.5 Å². The highest BCUT2D eigenvalue weighted by atomic mass is 16.4. The fraction of sp³-hybridized carbons (Fsp3) is 0.333. The molecule has 2 aromatic rings.